The van der Waals surface area contributed by atoms with Crippen molar-refractivity contribution in [3.05, 3.63) is 51.8 Å². The third-order valence-corrected chi connectivity index (χ3v) is 3.84. The largest absolute Gasteiger partial charge is 0.495 e. The van der Waals surface area contributed by atoms with Crippen LogP contribution in [0, 0.1) is 5.82 Å². The Bertz CT molecular complexity index is 844. The molecule has 0 spiro atoms. The highest BCUT2D eigenvalue weighted by molar-refractivity contribution is 6.33. The predicted octanol–water partition coefficient (Wildman–Crippen LogP) is 3.95. The predicted molar refractivity (Wildman–Crippen MR) is 94.9 cm³/mol. The van der Waals surface area contributed by atoms with Gasteiger partial charge in [0.15, 0.2) is 6.61 Å². The molecular weight excluding hydrogens is 388 g/mol. The van der Waals surface area contributed by atoms with Gasteiger partial charge in [0.25, 0.3) is 5.91 Å². The SMILES string of the molecule is COc1cc(OC)c(NC(=O)COC(=O)c2ccc(F)cc2Cl)cc1Cl. The van der Waals surface area contributed by atoms with Crippen LogP contribution in [-0.4, -0.2) is 32.7 Å². The second-order valence-electron chi connectivity index (χ2n) is 4.94. The maximum absolute atomic E-state index is 13.0. The Morgan fingerprint density at radius 3 is 2.35 bits per heavy atom. The van der Waals surface area contributed by atoms with E-state index in [9.17, 15) is 14.0 Å². The van der Waals surface area contributed by atoms with Crippen LogP contribution in [0.25, 0.3) is 0 Å². The molecule has 0 saturated carbocycles. The molecule has 9 heteroatoms. The van der Waals surface area contributed by atoms with E-state index in [0.29, 0.717) is 11.5 Å². The van der Waals surface area contributed by atoms with Crippen molar-refractivity contribution < 1.29 is 28.2 Å². The van der Waals surface area contributed by atoms with E-state index in [1.54, 1.807) is 0 Å². The standard InChI is InChI=1S/C17H14Cl2FNO5/c1-24-14-7-15(25-2)13(6-12(14)19)21-16(22)8-26-17(23)10-4-3-9(20)5-11(10)18/h3-7H,8H2,1-2H3,(H,21,22). The smallest absolute Gasteiger partial charge is 0.340 e. The summed E-state index contributed by atoms with van der Waals surface area (Å²) in [6.45, 7) is -0.584. The molecule has 1 N–H and O–H groups in total. The van der Waals surface area contributed by atoms with Crippen LogP contribution in [-0.2, 0) is 9.53 Å². The van der Waals surface area contributed by atoms with Gasteiger partial charge in [-0.1, -0.05) is 23.2 Å². The fraction of sp³-hybridized carbons (Fsp3) is 0.176. The average molecular weight is 402 g/mol. The van der Waals surface area contributed by atoms with Gasteiger partial charge in [-0.15, -0.1) is 0 Å². The summed E-state index contributed by atoms with van der Waals surface area (Å²) in [5.41, 5.74) is 0.227. The minimum Gasteiger partial charge on any atom is -0.495 e. The Morgan fingerprint density at radius 2 is 1.73 bits per heavy atom. The van der Waals surface area contributed by atoms with Gasteiger partial charge in [0.2, 0.25) is 0 Å². The molecule has 0 aliphatic carbocycles. The lowest BCUT2D eigenvalue weighted by Crippen LogP contribution is -2.21. The van der Waals surface area contributed by atoms with Crippen LogP contribution < -0.4 is 14.8 Å². The molecule has 0 unspecified atom stereocenters. The zero-order valence-electron chi connectivity index (χ0n) is 13.8. The molecule has 6 nitrogen and oxygen atoms in total. The molecule has 2 aromatic rings. The number of hydrogen-bond donors (Lipinski definition) is 1. The number of esters is 1. The molecule has 0 bridgehead atoms. The summed E-state index contributed by atoms with van der Waals surface area (Å²) in [5.74, 6) is -1.39. The van der Waals surface area contributed by atoms with Gasteiger partial charge in [0, 0.05) is 6.07 Å². The number of rotatable bonds is 6. The first-order valence-electron chi connectivity index (χ1n) is 7.19. The zero-order chi connectivity index (χ0) is 19.3. The number of hydrogen-bond acceptors (Lipinski definition) is 5. The topological polar surface area (TPSA) is 73.9 Å². The molecule has 2 rings (SSSR count). The lowest BCUT2D eigenvalue weighted by atomic mass is 10.2. The van der Waals surface area contributed by atoms with Gasteiger partial charge in [-0.2, -0.15) is 0 Å². The second-order valence-corrected chi connectivity index (χ2v) is 5.75. The highest BCUT2D eigenvalue weighted by atomic mass is 35.5. The first-order valence-corrected chi connectivity index (χ1v) is 7.94. The summed E-state index contributed by atoms with van der Waals surface area (Å²) in [7, 11) is 2.85. The van der Waals surface area contributed by atoms with E-state index in [1.165, 1.54) is 32.4 Å². The minimum atomic E-state index is -0.857. The number of anilines is 1. The lowest BCUT2D eigenvalue weighted by Gasteiger charge is -2.13. The van der Waals surface area contributed by atoms with Crippen LogP contribution in [0.15, 0.2) is 30.3 Å². The van der Waals surface area contributed by atoms with Crippen molar-refractivity contribution in [2.75, 3.05) is 26.1 Å². The highest BCUT2D eigenvalue weighted by Gasteiger charge is 2.16. The molecule has 0 saturated heterocycles. The van der Waals surface area contributed by atoms with Gasteiger partial charge in [0.1, 0.15) is 17.3 Å². The van der Waals surface area contributed by atoms with Gasteiger partial charge < -0.3 is 19.5 Å². The maximum Gasteiger partial charge on any atom is 0.340 e. The van der Waals surface area contributed by atoms with E-state index in [1.807, 2.05) is 0 Å². The summed E-state index contributed by atoms with van der Waals surface area (Å²) in [5, 5.41) is 2.66. The van der Waals surface area contributed by atoms with Crippen LogP contribution in [0.1, 0.15) is 10.4 Å². The molecule has 1 amide bonds. The second kappa shape index (κ2) is 8.73. The summed E-state index contributed by atoms with van der Waals surface area (Å²) < 4.78 is 28.1. The number of halogens is 3. The third-order valence-electron chi connectivity index (χ3n) is 3.23. The maximum atomic E-state index is 13.0. The molecule has 26 heavy (non-hydrogen) atoms. The van der Waals surface area contributed by atoms with Crippen molar-refractivity contribution in [3.8, 4) is 11.5 Å². The number of amides is 1. The van der Waals surface area contributed by atoms with Crippen LogP contribution in [0.3, 0.4) is 0 Å². The minimum absolute atomic E-state index is 0.0501. The van der Waals surface area contributed by atoms with Crippen LogP contribution in [0.5, 0.6) is 11.5 Å². The van der Waals surface area contributed by atoms with E-state index in [4.69, 9.17) is 37.4 Å². The Hall–Kier alpha value is -2.51. The zero-order valence-corrected chi connectivity index (χ0v) is 15.3. The first-order chi connectivity index (χ1) is 12.3. The highest BCUT2D eigenvalue weighted by Crippen LogP contribution is 2.35. The average Bonchev–Trinajstić information content (AvgIpc) is 2.60. The van der Waals surface area contributed by atoms with Crippen LogP contribution in [0.2, 0.25) is 10.0 Å². The fourth-order valence-electron chi connectivity index (χ4n) is 2.01. The number of benzene rings is 2. The van der Waals surface area contributed by atoms with E-state index in [2.05, 4.69) is 5.32 Å². The van der Waals surface area contributed by atoms with E-state index in [-0.39, 0.29) is 21.3 Å². The lowest BCUT2D eigenvalue weighted by molar-refractivity contribution is -0.119. The van der Waals surface area contributed by atoms with Crippen LogP contribution in [0.4, 0.5) is 10.1 Å². The number of nitrogens with one attached hydrogen (secondary N) is 1. The molecule has 0 atom stereocenters. The molecule has 0 radical (unpaired) electrons. The Morgan fingerprint density at radius 1 is 1.04 bits per heavy atom. The molecule has 0 fully saturated rings. The molecular formula is C17H14Cl2FNO5. The molecule has 2 aromatic carbocycles. The van der Waals surface area contributed by atoms with E-state index < -0.39 is 24.3 Å². The number of ether oxygens (including phenoxy) is 3. The molecule has 0 aliphatic heterocycles. The van der Waals surface area contributed by atoms with Crippen molar-refractivity contribution in [1.29, 1.82) is 0 Å². The summed E-state index contributed by atoms with van der Waals surface area (Å²) in [4.78, 5) is 23.9. The summed E-state index contributed by atoms with van der Waals surface area (Å²) in [6, 6.07) is 6.15. The third kappa shape index (κ3) is 4.77. The number of methoxy groups -OCH3 is 2. The summed E-state index contributed by atoms with van der Waals surface area (Å²) in [6.07, 6.45) is 0. The number of carbonyl (C=O) groups is 2. The fourth-order valence-corrected chi connectivity index (χ4v) is 2.49. The van der Waals surface area contributed by atoms with Gasteiger partial charge in [0.05, 0.1) is 35.5 Å². The molecule has 0 aromatic heterocycles. The Labute approximate surface area is 158 Å². The summed E-state index contributed by atoms with van der Waals surface area (Å²) >= 11 is 11.8. The van der Waals surface area contributed by atoms with Crippen molar-refractivity contribution in [2.24, 2.45) is 0 Å². The van der Waals surface area contributed by atoms with Crippen molar-refractivity contribution >= 4 is 40.8 Å². The van der Waals surface area contributed by atoms with Gasteiger partial charge in [-0.05, 0) is 24.3 Å². The van der Waals surface area contributed by atoms with Crippen molar-refractivity contribution in [3.63, 3.8) is 0 Å². The van der Waals surface area contributed by atoms with Gasteiger partial charge in [-0.25, -0.2) is 9.18 Å². The van der Waals surface area contributed by atoms with E-state index in [0.717, 1.165) is 12.1 Å². The Kier molecular flexibility index (Phi) is 6.65. The molecule has 138 valence electrons. The Balaban J connectivity index is 2.03. The van der Waals surface area contributed by atoms with E-state index >= 15 is 0 Å². The quantitative estimate of drug-likeness (QED) is 0.741. The van der Waals surface area contributed by atoms with Crippen molar-refractivity contribution in [1.82, 2.24) is 0 Å². The normalized spacial score (nSPS) is 10.2. The van der Waals surface area contributed by atoms with Crippen LogP contribution >= 0.6 is 23.2 Å². The van der Waals surface area contributed by atoms with Crippen molar-refractivity contribution in [2.45, 2.75) is 0 Å². The molecule has 0 heterocycles. The molecule has 0 aliphatic rings. The number of carbonyl (C=O) groups excluding carboxylic acids is 2. The first kappa shape index (κ1) is 19.8. The monoisotopic (exact) mass is 401 g/mol. The van der Waals surface area contributed by atoms with Gasteiger partial charge in [-0.3, -0.25) is 4.79 Å². The van der Waals surface area contributed by atoms with Gasteiger partial charge >= 0.3 is 5.97 Å².